The van der Waals surface area contributed by atoms with Crippen molar-refractivity contribution in [2.45, 2.75) is 6.04 Å². The predicted molar refractivity (Wildman–Crippen MR) is 70.0 cm³/mol. The molecule has 0 aromatic carbocycles. The van der Waals surface area contributed by atoms with Gasteiger partial charge in [0.2, 0.25) is 5.91 Å². The van der Waals surface area contributed by atoms with Gasteiger partial charge >= 0.3 is 5.97 Å². The van der Waals surface area contributed by atoms with Gasteiger partial charge in [-0.05, 0) is 12.1 Å². The third kappa shape index (κ3) is 2.91. The smallest absolute Gasteiger partial charge is 0.330 e. The number of pyridine rings is 1. The molecule has 2 rings (SSSR count). The fourth-order valence-electron chi connectivity index (χ4n) is 1.65. The summed E-state index contributed by atoms with van der Waals surface area (Å²) in [4.78, 5) is 26.2. The Morgan fingerprint density at radius 1 is 1.40 bits per heavy atom. The van der Waals surface area contributed by atoms with Gasteiger partial charge in [-0.1, -0.05) is 0 Å². The van der Waals surface area contributed by atoms with E-state index in [1.54, 1.807) is 13.2 Å². The molecule has 0 radical (unpaired) electrons. The van der Waals surface area contributed by atoms with Crippen molar-refractivity contribution in [3.05, 3.63) is 41.9 Å². The van der Waals surface area contributed by atoms with E-state index in [9.17, 15) is 14.7 Å². The maximum absolute atomic E-state index is 11.3. The van der Waals surface area contributed by atoms with Gasteiger partial charge in [-0.15, -0.1) is 0 Å². The number of carbonyl (C=O) groups excluding carboxylic acids is 1. The average molecular weight is 275 g/mol. The number of aliphatic carboxylic acids is 1. The molecule has 1 unspecified atom stereocenters. The standard InChI is InChI=1S/C12H13N5O3/c1-17-6-8(5-15-17)10(12(19)20)16-9-3-2-7(4-14-9)11(13)18/h2-6,10H,1H3,(H2,13,18)(H,14,16)(H,19,20). The van der Waals surface area contributed by atoms with Crippen LogP contribution in [-0.2, 0) is 11.8 Å². The Morgan fingerprint density at radius 2 is 2.15 bits per heavy atom. The Kier molecular flexibility index (Phi) is 3.65. The summed E-state index contributed by atoms with van der Waals surface area (Å²) in [5.74, 6) is -1.32. The molecule has 104 valence electrons. The molecule has 0 aliphatic rings. The van der Waals surface area contributed by atoms with Crippen LogP contribution in [0.2, 0.25) is 0 Å². The number of aromatic nitrogens is 3. The second kappa shape index (κ2) is 5.39. The Labute approximate surface area is 114 Å². The van der Waals surface area contributed by atoms with E-state index >= 15 is 0 Å². The van der Waals surface area contributed by atoms with Gasteiger partial charge in [-0.2, -0.15) is 5.10 Å². The molecule has 0 bridgehead atoms. The van der Waals surface area contributed by atoms with Crippen LogP contribution in [0, 0.1) is 0 Å². The first-order chi connectivity index (χ1) is 9.47. The van der Waals surface area contributed by atoms with Crippen LogP contribution in [0.4, 0.5) is 5.82 Å². The number of carbonyl (C=O) groups is 2. The monoisotopic (exact) mass is 275 g/mol. The first kappa shape index (κ1) is 13.5. The highest BCUT2D eigenvalue weighted by atomic mass is 16.4. The van der Waals surface area contributed by atoms with Crippen LogP contribution in [0.25, 0.3) is 0 Å². The summed E-state index contributed by atoms with van der Waals surface area (Å²) in [5, 5.41) is 15.9. The number of hydrogen-bond acceptors (Lipinski definition) is 5. The summed E-state index contributed by atoms with van der Waals surface area (Å²) in [6.45, 7) is 0. The van der Waals surface area contributed by atoms with E-state index in [0.29, 0.717) is 11.4 Å². The summed E-state index contributed by atoms with van der Waals surface area (Å²) in [5.41, 5.74) is 5.86. The van der Waals surface area contributed by atoms with Crippen LogP contribution in [0.5, 0.6) is 0 Å². The minimum Gasteiger partial charge on any atom is -0.479 e. The van der Waals surface area contributed by atoms with E-state index in [1.165, 1.54) is 29.2 Å². The van der Waals surface area contributed by atoms with Crippen LogP contribution in [0.3, 0.4) is 0 Å². The first-order valence-corrected chi connectivity index (χ1v) is 5.71. The molecule has 2 aromatic rings. The average Bonchev–Trinajstić information content (AvgIpc) is 2.82. The number of primary amides is 1. The van der Waals surface area contributed by atoms with Crippen molar-refractivity contribution in [2.24, 2.45) is 12.8 Å². The van der Waals surface area contributed by atoms with Crippen molar-refractivity contribution in [1.29, 1.82) is 0 Å². The number of nitrogens with one attached hydrogen (secondary N) is 1. The Hall–Kier alpha value is -2.90. The highest BCUT2D eigenvalue weighted by Gasteiger charge is 2.21. The second-order valence-corrected chi connectivity index (χ2v) is 4.16. The minimum atomic E-state index is -1.06. The van der Waals surface area contributed by atoms with Crippen LogP contribution >= 0.6 is 0 Å². The van der Waals surface area contributed by atoms with Crippen LogP contribution < -0.4 is 11.1 Å². The number of nitrogens with two attached hydrogens (primary N) is 1. The molecule has 0 saturated carbocycles. The highest BCUT2D eigenvalue weighted by molar-refractivity contribution is 5.92. The van der Waals surface area contributed by atoms with Crippen molar-refractivity contribution < 1.29 is 14.7 Å². The summed E-state index contributed by atoms with van der Waals surface area (Å²) in [7, 11) is 1.70. The normalized spacial score (nSPS) is 11.8. The molecule has 0 saturated heterocycles. The van der Waals surface area contributed by atoms with Gasteiger partial charge in [0.25, 0.3) is 0 Å². The van der Waals surface area contributed by atoms with E-state index in [1.807, 2.05) is 0 Å². The lowest BCUT2D eigenvalue weighted by Gasteiger charge is -2.13. The fourth-order valence-corrected chi connectivity index (χ4v) is 1.65. The summed E-state index contributed by atoms with van der Waals surface area (Å²) < 4.78 is 1.51. The lowest BCUT2D eigenvalue weighted by molar-refractivity contribution is -0.138. The minimum absolute atomic E-state index is 0.254. The third-order valence-corrected chi connectivity index (χ3v) is 2.65. The molecular formula is C12H13N5O3. The topological polar surface area (TPSA) is 123 Å². The molecule has 1 amide bonds. The van der Waals surface area contributed by atoms with Gasteiger partial charge in [0.1, 0.15) is 5.82 Å². The van der Waals surface area contributed by atoms with Gasteiger partial charge < -0.3 is 16.2 Å². The number of carboxylic acids is 1. The fraction of sp³-hybridized carbons (Fsp3) is 0.167. The molecule has 0 aliphatic carbocycles. The number of carboxylic acid groups (broad SMARTS) is 1. The van der Waals surface area contributed by atoms with E-state index in [-0.39, 0.29) is 5.56 Å². The molecular weight excluding hydrogens is 262 g/mol. The Bertz CT molecular complexity index is 635. The summed E-state index contributed by atoms with van der Waals surface area (Å²) in [6.07, 6.45) is 4.35. The molecule has 8 heteroatoms. The lowest BCUT2D eigenvalue weighted by atomic mass is 10.1. The third-order valence-electron chi connectivity index (χ3n) is 2.65. The summed E-state index contributed by atoms with van der Waals surface area (Å²) in [6, 6.07) is 1.99. The van der Waals surface area contributed by atoms with Gasteiger partial charge in [0.05, 0.1) is 11.8 Å². The van der Waals surface area contributed by atoms with Gasteiger partial charge in [-0.3, -0.25) is 9.48 Å². The van der Waals surface area contributed by atoms with E-state index < -0.39 is 17.9 Å². The van der Waals surface area contributed by atoms with Crippen molar-refractivity contribution in [2.75, 3.05) is 5.32 Å². The quantitative estimate of drug-likeness (QED) is 0.713. The highest BCUT2D eigenvalue weighted by Crippen LogP contribution is 2.18. The van der Waals surface area contributed by atoms with Crippen LogP contribution in [0.1, 0.15) is 22.0 Å². The maximum Gasteiger partial charge on any atom is 0.330 e. The zero-order valence-electron chi connectivity index (χ0n) is 10.6. The molecule has 0 fully saturated rings. The molecule has 8 nitrogen and oxygen atoms in total. The maximum atomic E-state index is 11.3. The van der Waals surface area contributed by atoms with Gasteiger partial charge in [0, 0.05) is 25.0 Å². The largest absolute Gasteiger partial charge is 0.479 e. The van der Waals surface area contributed by atoms with E-state index in [2.05, 4.69) is 15.4 Å². The van der Waals surface area contributed by atoms with Crippen molar-refractivity contribution in [3.63, 3.8) is 0 Å². The molecule has 0 aliphatic heterocycles. The Morgan fingerprint density at radius 3 is 2.60 bits per heavy atom. The number of aryl methyl sites for hydroxylation is 1. The summed E-state index contributed by atoms with van der Waals surface area (Å²) >= 11 is 0. The molecule has 1 atom stereocenters. The van der Waals surface area contributed by atoms with Crippen molar-refractivity contribution in [1.82, 2.24) is 14.8 Å². The van der Waals surface area contributed by atoms with Crippen molar-refractivity contribution in [3.8, 4) is 0 Å². The first-order valence-electron chi connectivity index (χ1n) is 5.71. The molecule has 0 spiro atoms. The second-order valence-electron chi connectivity index (χ2n) is 4.16. The number of hydrogen-bond donors (Lipinski definition) is 3. The van der Waals surface area contributed by atoms with Crippen LogP contribution in [-0.4, -0.2) is 31.7 Å². The number of rotatable bonds is 5. The van der Waals surface area contributed by atoms with Gasteiger partial charge in [0.15, 0.2) is 6.04 Å². The zero-order valence-corrected chi connectivity index (χ0v) is 10.6. The van der Waals surface area contributed by atoms with E-state index in [0.717, 1.165) is 0 Å². The lowest BCUT2D eigenvalue weighted by Crippen LogP contribution is -2.21. The van der Waals surface area contributed by atoms with Crippen LogP contribution in [0.15, 0.2) is 30.7 Å². The molecule has 20 heavy (non-hydrogen) atoms. The SMILES string of the molecule is Cn1cc(C(Nc2ccc(C(N)=O)cn2)C(=O)O)cn1. The van der Waals surface area contributed by atoms with E-state index in [4.69, 9.17) is 5.73 Å². The zero-order chi connectivity index (χ0) is 14.7. The van der Waals surface area contributed by atoms with Crippen molar-refractivity contribution >= 4 is 17.7 Å². The number of nitrogens with zero attached hydrogens (tertiary/aromatic N) is 3. The molecule has 4 N–H and O–H groups in total. The Balaban J connectivity index is 2.20. The predicted octanol–water partition coefficient (Wildman–Crippen LogP) is 0.152. The number of anilines is 1. The molecule has 2 aromatic heterocycles. The molecule has 2 heterocycles. The number of amides is 1. The van der Waals surface area contributed by atoms with Gasteiger partial charge in [-0.25, -0.2) is 9.78 Å².